The molecular weight excluding hydrogens is 364 g/mol. The minimum Gasteiger partial charge on any atom is -0.352 e. The van der Waals surface area contributed by atoms with E-state index in [1.807, 2.05) is 23.9 Å². The SMILES string of the molecule is CCCc1ccc(C(=O)NCC2CCN(Cc3ccccc3SC)CC2)cc1. The quantitative estimate of drug-likeness (QED) is 0.637. The number of hydrogen-bond donors (Lipinski definition) is 1. The van der Waals surface area contributed by atoms with Crippen molar-refractivity contribution in [2.75, 3.05) is 25.9 Å². The van der Waals surface area contributed by atoms with Gasteiger partial charge in [0.15, 0.2) is 0 Å². The Kier molecular flexibility index (Phi) is 7.99. The summed E-state index contributed by atoms with van der Waals surface area (Å²) < 4.78 is 0. The van der Waals surface area contributed by atoms with Crippen LogP contribution in [0.3, 0.4) is 0 Å². The summed E-state index contributed by atoms with van der Waals surface area (Å²) in [6.45, 7) is 6.20. The van der Waals surface area contributed by atoms with Crippen molar-refractivity contribution in [2.24, 2.45) is 5.92 Å². The predicted octanol–water partition coefficient (Wildman–Crippen LogP) is 5.00. The highest BCUT2D eigenvalue weighted by Crippen LogP contribution is 2.24. The molecule has 0 aromatic heterocycles. The summed E-state index contributed by atoms with van der Waals surface area (Å²) in [6, 6.07) is 16.7. The Morgan fingerprint density at radius 3 is 2.50 bits per heavy atom. The van der Waals surface area contributed by atoms with E-state index < -0.39 is 0 Å². The van der Waals surface area contributed by atoms with Gasteiger partial charge < -0.3 is 5.32 Å². The Morgan fingerprint density at radius 2 is 1.82 bits per heavy atom. The maximum Gasteiger partial charge on any atom is 0.251 e. The van der Waals surface area contributed by atoms with Gasteiger partial charge in [0.2, 0.25) is 0 Å². The second-order valence-corrected chi connectivity index (χ2v) is 8.54. The molecule has 1 N–H and O–H groups in total. The van der Waals surface area contributed by atoms with Crippen LogP contribution in [0.2, 0.25) is 0 Å². The Balaban J connectivity index is 1.42. The lowest BCUT2D eigenvalue weighted by Gasteiger charge is -2.32. The van der Waals surface area contributed by atoms with Crippen molar-refractivity contribution in [3.63, 3.8) is 0 Å². The lowest BCUT2D eigenvalue weighted by atomic mass is 9.96. The molecule has 1 fully saturated rings. The lowest BCUT2D eigenvalue weighted by molar-refractivity contribution is 0.0935. The molecule has 0 aliphatic carbocycles. The average molecular weight is 397 g/mol. The number of thioether (sulfide) groups is 1. The Hall–Kier alpha value is -1.78. The normalized spacial score (nSPS) is 15.5. The summed E-state index contributed by atoms with van der Waals surface area (Å²) in [5, 5.41) is 3.14. The summed E-state index contributed by atoms with van der Waals surface area (Å²) >= 11 is 1.82. The zero-order chi connectivity index (χ0) is 19.8. The number of carbonyl (C=O) groups is 1. The second-order valence-electron chi connectivity index (χ2n) is 7.69. The van der Waals surface area contributed by atoms with Gasteiger partial charge in [0.1, 0.15) is 0 Å². The van der Waals surface area contributed by atoms with Crippen LogP contribution in [-0.2, 0) is 13.0 Å². The first-order chi connectivity index (χ1) is 13.7. The number of piperidine rings is 1. The molecule has 0 unspecified atom stereocenters. The van der Waals surface area contributed by atoms with Crippen molar-refractivity contribution in [1.29, 1.82) is 0 Å². The Labute approximate surface area is 173 Å². The zero-order valence-corrected chi connectivity index (χ0v) is 17.9. The molecule has 4 heteroatoms. The van der Waals surface area contributed by atoms with Gasteiger partial charge >= 0.3 is 0 Å². The van der Waals surface area contributed by atoms with Gasteiger partial charge in [-0.05, 0) is 73.9 Å². The maximum atomic E-state index is 12.4. The van der Waals surface area contributed by atoms with Crippen LogP contribution in [0, 0.1) is 5.92 Å². The van der Waals surface area contributed by atoms with Gasteiger partial charge in [0.05, 0.1) is 0 Å². The molecule has 1 heterocycles. The maximum absolute atomic E-state index is 12.4. The van der Waals surface area contributed by atoms with Gasteiger partial charge in [-0.2, -0.15) is 0 Å². The zero-order valence-electron chi connectivity index (χ0n) is 17.1. The summed E-state index contributed by atoms with van der Waals surface area (Å²) in [5.41, 5.74) is 3.49. The number of aryl methyl sites for hydroxylation is 1. The number of nitrogens with one attached hydrogen (secondary N) is 1. The van der Waals surface area contributed by atoms with E-state index in [0.717, 1.165) is 57.4 Å². The number of rotatable bonds is 8. The molecule has 1 saturated heterocycles. The first-order valence-electron chi connectivity index (χ1n) is 10.4. The third kappa shape index (κ3) is 5.86. The molecule has 1 amide bonds. The minimum absolute atomic E-state index is 0.0550. The molecule has 0 radical (unpaired) electrons. The molecule has 1 aliphatic heterocycles. The third-order valence-electron chi connectivity index (χ3n) is 5.60. The molecule has 0 bridgehead atoms. The van der Waals surface area contributed by atoms with Crippen molar-refractivity contribution < 1.29 is 4.79 Å². The largest absolute Gasteiger partial charge is 0.352 e. The molecule has 0 saturated carbocycles. The predicted molar refractivity (Wildman–Crippen MR) is 119 cm³/mol. The smallest absolute Gasteiger partial charge is 0.251 e. The summed E-state index contributed by atoms with van der Waals surface area (Å²) in [4.78, 5) is 16.3. The van der Waals surface area contributed by atoms with Gasteiger partial charge in [-0.3, -0.25) is 9.69 Å². The van der Waals surface area contributed by atoms with Crippen LogP contribution in [0.4, 0.5) is 0 Å². The van der Waals surface area contributed by atoms with E-state index in [9.17, 15) is 4.79 Å². The standard InChI is InChI=1S/C24H32N2OS/c1-3-6-19-9-11-21(12-10-19)24(27)25-17-20-13-15-26(16-14-20)18-22-7-4-5-8-23(22)28-2/h4-5,7-12,20H,3,6,13-18H2,1-2H3,(H,25,27). The van der Waals surface area contributed by atoms with Crippen molar-refractivity contribution in [2.45, 2.75) is 44.0 Å². The van der Waals surface area contributed by atoms with Crippen LogP contribution >= 0.6 is 11.8 Å². The molecule has 150 valence electrons. The lowest BCUT2D eigenvalue weighted by Crippen LogP contribution is -2.38. The molecule has 1 aliphatic rings. The number of carbonyl (C=O) groups excluding carboxylic acids is 1. The van der Waals surface area contributed by atoms with E-state index in [2.05, 4.69) is 59.8 Å². The monoisotopic (exact) mass is 396 g/mol. The van der Waals surface area contributed by atoms with Crippen molar-refractivity contribution in [3.05, 3.63) is 65.2 Å². The van der Waals surface area contributed by atoms with E-state index in [1.165, 1.54) is 16.0 Å². The van der Waals surface area contributed by atoms with Crippen molar-refractivity contribution in [3.8, 4) is 0 Å². The summed E-state index contributed by atoms with van der Waals surface area (Å²) in [7, 11) is 0. The fourth-order valence-corrected chi connectivity index (χ4v) is 4.48. The first-order valence-corrected chi connectivity index (χ1v) is 11.6. The van der Waals surface area contributed by atoms with Crippen LogP contribution in [0.25, 0.3) is 0 Å². The molecule has 0 spiro atoms. The summed E-state index contributed by atoms with van der Waals surface area (Å²) in [6.07, 6.45) is 6.65. The minimum atomic E-state index is 0.0550. The van der Waals surface area contributed by atoms with E-state index in [1.54, 1.807) is 0 Å². The van der Waals surface area contributed by atoms with Gasteiger partial charge in [0.25, 0.3) is 5.91 Å². The topological polar surface area (TPSA) is 32.3 Å². The molecule has 28 heavy (non-hydrogen) atoms. The third-order valence-corrected chi connectivity index (χ3v) is 6.44. The van der Waals surface area contributed by atoms with Crippen molar-refractivity contribution >= 4 is 17.7 Å². The van der Waals surface area contributed by atoms with E-state index in [4.69, 9.17) is 0 Å². The number of hydrogen-bond acceptors (Lipinski definition) is 3. The van der Waals surface area contributed by atoms with Crippen LogP contribution in [0.1, 0.15) is 47.7 Å². The fraction of sp³-hybridized carbons (Fsp3) is 0.458. The first kappa shape index (κ1) is 20.9. The fourth-order valence-electron chi connectivity index (χ4n) is 3.87. The van der Waals surface area contributed by atoms with Crippen LogP contribution in [0.5, 0.6) is 0 Å². The molecule has 3 rings (SSSR count). The van der Waals surface area contributed by atoms with Gasteiger partial charge in [-0.1, -0.05) is 43.7 Å². The molecular formula is C24H32N2OS. The molecule has 2 aromatic rings. The van der Waals surface area contributed by atoms with Gasteiger partial charge in [-0.25, -0.2) is 0 Å². The Bertz CT molecular complexity index is 751. The van der Waals surface area contributed by atoms with Crippen LogP contribution < -0.4 is 5.32 Å². The molecule has 0 atom stereocenters. The molecule has 3 nitrogen and oxygen atoms in total. The van der Waals surface area contributed by atoms with E-state index in [0.29, 0.717) is 5.92 Å². The highest BCUT2D eigenvalue weighted by Gasteiger charge is 2.20. The van der Waals surface area contributed by atoms with Crippen LogP contribution in [0.15, 0.2) is 53.4 Å². The number of benzene rings is 2. The van der Waals surface area contributed by atoms with Gasteiger partial charge in [-0.15, -0.1) is 11.8 Å². The highest BCUT2D eigenvalue weighted by atomic mass is 32.2. The summed E-state index contributed by atoms with van der Waals surface area (Å²) in [5.74, 6) is 0.634. The average Bonchev–Trinajstić information content (AvgIpc) is 2.74. The highest BCUT2D eigenvalue weighted by molar-refractivity contribution is 7.98. The van der Waals surface area contributed by atoms with Crippen LogP contribution in [-0.4, -0.2) is 36.7 Å². The molecule has 2 aromatic carbocycles. The second kappa shape index (κ2) is 10.7. The van der Waals surface area contributed by atoms with E-state index in [-0.39, 0.29) is 5.91 Å². The number of likely N-dealkylation sites (tertiary alicyclic amines) is 1. The van der Waals surface area contributed by atoms with Crippen molar-refractivity contribution in [1.82, 2.24) is 10.2 Å². The number of amides is 1. The Morgan fingerprint density at radius 1 is 1.11 bits per heavy atom. The van der Waals surface area contributed by atoms with Gasteiger partial charge in [0, 0.05) is 23.5 Å². The number of nitrogens with zero attached hydrogens (tertiary/aromatic N) is 1. The van der Waals surface area contributed by atoms with E-state index >= 15 is 0 Å².